The number of carbonyl (C=O) groups excluding carboxylic acids is 1. The van der Waals surface area contributed by atoms with E-state index in [1.807, 2.05) is 31.2 Å². The van der Waals surface area contributed by atoms with E-state index in [0.717, 1.165) is 18.7 Å². The Morgan fingerprint density at radius 2 is 2.13 bits per heavy atom. The number of halogens is 1. The van der Waals surface area contributed by atoms with E-state index in [1.165, 1.54) is 0 Å². The lowest BCUT2D eigenvalue weighted by molar-refractivity contribution is -0.118. The Balaban J connectivity index is 2.41. The largest absolute Gasteiger partial charge is 0.317 e. The monoisotopic (exact) mass is 225 g/mol. The maximum Gasteiger partial charge on any atom is 0.138 e. The number of rotatable bonds is 6. The Labute approximate surface area is 95.6 Å². The van der Waals surface area contributed by atoms with Gasteiger partial charge in [-0.3, -0.25) is 4.79 Å². The van der Waals surface area contributed by atoms with Crippen molar-refractivity contribution in [3.63, 3.8) is 0 Å². The van der Waals surface area contributed by atoms with Crippen LogP contribution < -0.4 is 5.32 Å². The van der Waals surface area contributed by atoms with Crippen LogP contribution in [-0.2, 0) is 11.2 Å². The Kier molecular flexibility index (Phi) is 5.37. The van der Waals surface area contributed by atoms with Crippen LogP contribution in [0.1, 0.15) is 18.9 Å². The van der Waals surface area contributed by atoms with Crippen LogP contribution in [0.4, 0.5) is 0 Å². The van der Waals surface area contributed by atoms with Crippen LogP contribution in [-0.4, -0.2) is 18.9 Å². The van der Waals surface area contributed by atoms with Gasteiger partial charge in [-0.2, -0.15) is 0 Å². The quantitative estimate of drug-likeness (QED) is 0.754. The molecule has 0 saturated carbocycles. The lowest BCUT2D eigenvalue weighted by Gasteiger charge is -2.03. The molecule has 0 fully saturated rings. The van der Waals surface area contributed by atoms with E-state index >= 15 is 0 Å². The molecule has 0 aliphatic rings. The maximum atomic E-state index is 11.5. The van der Waals surface area contributed by atoms with Crippen LogP contribution in [0, 0.1) is 0 Å². The molecule has 0 heterocycles. The molecule has 1 aromatic rings. The minimum atomic E-state index is 0.226. The highest BCUT2D eigenvalue weighted by Crippen LogP contribution is 2.15. The first-order valence-electron chi connectivity index (χ1n) is 5.20. The molecular formula is C12H16ClNO. The predicted molar refractivity (Wildman–Crippen MR) is 63.3 cm³/mol. The highest BCUT2D eigenvalue weighted by Gasteiger charge is 2.05. The van der Waals surface area contributed by atoms with Crippen LogP contribution in [0.25, 0.3) is 0 Å². The predicted octanol–water partition coefficient (Wildman–Crippen LogP) is 2.45. The standard InChI is InChI=1S/C12H16ClNO/c1-2-14-8-7-11(15)9-10-5-3-4-6-12(10)13/h3-6,14H,2,7-9H2,1H3. The van der Waals surface area contributed by atoms with Crippen LogP contribution >= 0.6 is 11.6 Å². The number of benzene rings is 1. The molecule has 1 aromatic carbocycles. The van der Waals surface area contributed by atoms with Gasteiger partial charge in [0.1, 0.15) is 5.78 Å². The molecule has 0 atom stereocenters. The summed E-state index contributed by atoms with van der Waals surface area (Å²) in [6.07, 6.45) is 1.00. The van der Waals surface area contributed by atoms with Crippen molar-refractivity contribution in [1.29, 1.82) is 0 Å². The first kappa shape index (κ1) is 12.2. The summed E-state index contributed by atoms with van der Waals surface area (Å²) in [5, 5.41) is 3.80. The van der Waals surface area contributed by atoms with Gasteiger partial charge in [0, 0.05) is 24.4 Å². The molecule has 0 amide bonds. The van der Waals surface area contributed by atoms with Crippen molar-refractivity contribution in [1.82, 2.24) is 5.32 Å². The van der Waals surface area contributed by atoms with Gasteiger partial charge in [-0.05, 0) is 18.2 Å². The fourth-order valence-electron chi connectivity index (χ4n) is 1.35. The molecule has 0 aliphatic carbocycles. The van der Waals surface area contributed by atoms with E-state index in [1.54, 1.807) is 0 Å². The van der Waals surface area contributed by atoms with Crippen molar-refractivity contribution in [2.24, 2.45) is 0 Å². The summed E-state index contributed by atoms with van der Waals surface area (Å²) >= 11 is 5.96. The van der Waals surface area contributed by atoms with E-state index < -0.39 is 0 Å². The summed E-state index contributed by atoms with van der Waals surface area (Å²) in [7, 11) is 0. The second-order valence-electron chi connectivity index (χ2n) is 3.41. The third-order valence-corrected chi connectivity index (χ3v) is 2.54. The number of ketones is 1. The summed E-state index contributed by atoms with van der Waals surface area (Å²) in [5.74, 6) is 0.226. The summed E-state index contributed by atoms with van der Waals surface area (Å²) in [6, 6.07) is 7.48. The van der Waals surface area contributed by atoms with E-state index in [2.05, 4.69) is 5.32 Å². The summed E-state index contributed by atoms with van der Waals surface area (Å²) in [6.45, 7) is 3.68. The van der Waals surface area contributed by atoms with Crippen molar-refractivity contribution >= 4 is 17.4 Å². The summed E-state index contributed by atoms with van der Waals surface area (Å²) in [5.41, 5.74) is 0.917. The van der Waals surface area contributed by atoms with Crippen molar-refractivity contribution in [3.05, 3.63) is 34.9 Å². The zero-order chi connectivity index (χ0) is 11.1. The van der Waals surface area contributed by atoms with Gasteiger partial charge in [-0.1, -0.05) is 36.7 Å². The van der Waals surface area contributed by atoms with Crippen LogP contribution in [0.2, 0.25) is 5.02 Å². The lowest BCUT2D eigenvalue weighted by atomic mass is 10.1. The fourth-order valence-corrected chi connectivity index (χ4v) is 1.55. The second kappa shape index (κ2) is 6.59. The third kappa shape index (κ3) is 4.45. The summed E-state index contributed by atoms with van der Waals surface area (Å²) < 4.78 is 0. The number of hydrogen-bond donors (Lipinski definition) is 1. The van der Waals surface area contributed by atoms with E-state index in [-0.39, 0.29) is 5.78 Å². The molecule has 0 spiro atoms. The highest BCUT2D eigenvalue weighted by molar-refractivity contribution is 6.31. The minimum Gasteiger partial charge on any atom is -0.317 e. The molecule has 2 nitrogen and oxygen atoms in total. The fraction of sp³-hybridized carbons (Fsp3) is 0.417. The molecule has 0 bridgehead atoms. The average molecular weight is 226 g/mol. The molecular weight excluding hydrogens is 210 g/mol. The van der Waals surface area contributed by atoms with Gasteiger partial charge in [0.25, 0.3) is 0 Å². The highest BCUT2D eigenvalue weighted by atomic mass is 35.5. The number of hydrogen-bond acceptors (Lipinski definition) is 2. The Morgan fingerprint density at radius 1 is 1.40 bits per heavy atom. The van der Waals surface area contributed by atoms with Crippen LogP contribution in [0.15, 0.2) is 24.3 Å². The van der Waals surface area contributed by atoms with Gasteiger partial charge in [0.05, 0.1) is 0 Å². The van der Waals surface area contributed by atoms with Gasteiger partial charge in [-0.25, -0.2) is 0 Å². The van der Waals surface area contributed by atoms with Crippen LogP contribution in [0.3, 0.4) is 0 Å². The topological polar surface area (TPSA) is 29.1 Å². The molecule has 82 valence electrons. The van der Waals surface area contributed by atoms with Crippen LogP contribution in [0.5, 0.6) is 0 Å². The number of carbonyl (C=O) groups is 1. The van der Waals surface area contributed by atoms with Gasteiger partial charge in [0.15, 0.2) is 0 Å². The Hall–Kier alpha value is -0.860. The zero-order valence-electron chi connectivity index (χ0n) is 8.92. The molecule has 1 rings (SSSR count). The van der Waals surface area contributed by atoms with E-state index in [4.69, 9.17) is 11.6 Å². The first-order valence-corrected chi connectivity index (χ1v) is 5.57. The van der Waals surface area contributed by atoms with Crippen molar-refractivity contribution in [2.45, 2.75) is 19.8 Å². The number of nitrogens with one attached hydrogen (secondary N) is 1. The summed E-state index contributed by atoms with van der Waals surface area (Å²) in [4.78, 5) is 11.5. The van der Waals surface area contributed by atoms with Gasteiger partial charge in [0.2, 0.25) is 0 Å². The minimum absolute atomic E-state index is 0.226. The van der Waals surface area contributed by atoms with Gasteiger partial charge < -0.3 is 5.32 Å². The smallest absolute Gasteiger partial charge is 0.138 e. The molecule has 0 radical (unpaired) electrons. The van der Waals surface area contributed by atoms with Crippen molar-refractivity contribution < 1.29 is 4.79 Å². The normalized spacial score (nSPS) is 10.3. The SMILES string of the molecule is CCNCCC(=O)Cc1ccccc1Cl. The molecule has 0 saturated heterocycles. The molecule has 0 unspecified atom stereocenters. The molecule has 1 N–H and O–H groups in total. The van der Waals surface area contributed by atoms with E-state index in [9.17, 15) is 4.79 Å². The lowest BCUT2D eigenvalue weighted by Crippen LogP contribution is -2.18. The first-order chi connectivity index (χ1) is 7.24. The van der Waals surface area contributed by atoms with Crippen molar-refractivity contribution in [3.8, 4) is 0 Å². The molecule has 0 aromatic heterocycles. The molecule has 15 heavy (non-hydrogen) atoms. The molecule has 0 aliphatic heterocycles. The second-order valence-corrected chi connectivity index (χ2v) is 3.82. The zero-order valence-corrected chi connectivity index (χ0v) is 9.68. The van der Waals surface area contributed by atoms with E-state index in [0.29, 0.717) is 17.9 Å². The Bertz CT molecular complexity index is 325. The maximum absolute atomic E-state index is 11.5. The van der Waals surface area contributed by atoms with Crippen molar-refractivity contribution in [2.75, 3.05) is 13.1 Å². The average Bonchev–Trinajstić information content (AvgIpc) is 2.22. The van der Waals surface area contributed by atoms with Gasteiger partial charge >= 0.3 is 0 Å². The number of Topliss-reactive ketones (excluding diaryl/α,β-unsaturated/α-hetero) is 1. The third-order valence-electron chi connectivity index (χ3n) is 2.18. The molecule has 3 heteroatoms. The Morgan fingerprint density at radius 3 is 2.80 bits per heavy atom. The van der Waals surface area contributed by atoms with Gasteiger partial charge in [-0.15, -0.1) is 0 Å².